The van der Waals surface area contributed by atoms with E-state index in [0.717, 1.165) is 19.5 Å². The molecule has 0 spiro atoms. The summed E-state index contributed by atoms with van der Waals surface area (Å²) in [5.41, 5.74) is 0.597. The van der Waals surface area contributed by atoms with Crippen LogP contribution < -0.4 is 4.74 Å². The summed E-state index contributed by atoms with van der Waals surface area (Å²) in [4.78, 5) is 3.66. The Bertz CT molecular complexity index is 560. The molecule has 0 fully saturated rings. The van der Waals surface area contributed by atoms with Gasteiger partial charge in [0, 0.05) is 18.0 Å². The Hall–Kier alpha value is -1.83. The number of rotatable bonds is 7. The molecule has 4 heteroatoms. The minimum atomic E-state index is 0.597. The van der Waals surface area contributed by atoms with Crippen molar-refractivity contribution < 1.29 is 4.74 Å². The Morgan fingerprint density at radius 1 is 1.25 bits per heavy atom. The monoisotopic (exact) mass is 286 g/mol. The van der Waals surface area contributed by atoms with Gasteiger partial charge < -0.3 is 9.64 Å². The van der Waals surface area contributed by atoms with Gasteiger partial charge in [-0.15, -0.1) is 11.3 Å². The predicted octanol–water partition coefficient (Wildman–Crippen LogP) is 3.52. The van der Waals surface area contributed by atoms with Crippen LogP contribution in [0.5, 0.6) is 5.75 Å². The molecule has 2 rings (SSSR count). The molecule has 1 heterocycles. The lowest BCUT2D eigenvalue weighted by Crippen LogP contribution is -2.20. The van der Waals surface area contributed by atoms with E-state index in [0.29, 0.717) is 17.9 Å². The molecule has 0 saturated heterocycles. The van der Waals surface area contributed by atoms with Crippen LogP contribution in [0.25, 0.3) is 0 Å². The van der Waals surface area contributed by atoms with Crippen LogP contribution in [-0.4, -0.2) is 25.1 Å². The highest BCUT2D eigenvalue weighted by atomic mass is 32.1. The van der Waals surface area contributed by atoms with Crippen molar-refractivity contribution in [3.63, 3.8) is 0 Å². The molecule has 2 aromatic rings. The van der Waals surface area contributed by atoms with Crippen molar-refractivity contribution in [2.24, 2.45) is 0 Å². The van der Waals surface area contributed by atoms with E-state index in [1.807, 2.05) is 18.2 Å². The quantitative estimate of drug-likeness (QED) is 0.731. The Kier molecular flexibility index (Phi) is 5.60. The van der Waals surface area contributed by atoms with Gasteiger partial charge in [0.15, 0.2) is 0 Å². The Morgan fingerprint density at radius 2 is 2.10 bits per heavy atom. The zero-order valence-corrected chi connectivity index (χ0v) is 12.4. The molecule has 0 N–H and O–H groups in total. The summed E-state index contributed by atoms with van der Waals surface area (Å²) in [5, 5.41) is 11.1. The number of para-hydroxylation sites is 1. The van der Waals surface area contributed by atoms with E-state index < -0.39 is 0 Å². The first-order valence-corrected chi connectivity index (χ1v) is 7.50. The molecule has 0 bridgehead atoms. The fourth-order valence-electron chi connectivity index (χ4n) is 1.95. The van der Waals surface area contributed by atoms with E-state index in [-0.39, 0.29) is 0 Å². The maximum absolute atomic E-state index is 8.97. The SMILES string of the molecule is CN(CCCOc1ccccc1C#N)Cc1cccs1. The van der Waals surface area contributed by atoms with Crippen molar-refractivity contribution in [3.8, 4) is 11.8 Å². The second-order valence-electron chi connectivity index (χ2n) is 4.63. The van der Waals surface area contributed by atoms with E-state index in [9.17, 15) is 0 Å². The van der Waals surface area contributed by atoms with E-state index in [1.165, 1.54) is 4.88 Å². The summed E-state index contributed by atoms with van der Waals surface area (Å²) in [7, 11) is 2.11. The van der Waals surface area contributed by atoms with Gasteiger partial charge in [-0.25, -0.2) is 0 Å². The van der Waals surface area contributed by atoms with Crippen LogP contribution in [0.1, 0.15) is 16.9 Å². The average Bonchev–Trinajstić information content (AvgIpc) is 2.97. The van der Waals surface area contributed by atoms with Crippen LogP contribution in [0.15, 0.2) is 41.8 Å². The van der Waals surface area contributed by atoms with Crippen LogP contribution in [0.4, 0.5) is 0 Å². The topological polar surface area (TPSA) is 36.3 Å². The van der Waals surface area contributed by atoms with Gasteiger partial charge in [0.25, 0.3) is 0 Å². The highest BCUT2D eigenvalue weighted by Gasteiger charge is 2.03. The Labute approximate surface area is 124 Å². The van der Waals surface area contributed by atoms with Gasteiger partial charge in [-0.2, -0.15) is 5.26 Å². The number of nitriles is 1. The van der Waals surface area contributed by atoms with Crippen molar-refractivity contribution >= 4 is 11.3 Å². The molecule has 0 aliphatic carbocycles. The number of nitrogens with zero attached hydrogens (tertiary/aromatic N) is 2. The average molecular weight is 286 g/mol. The number of ether oxygens (including phenoxy) is 1. The van der Waals surface area contributed by atoms with Crippen molar-refractivity contribution in [1.29, 1.82) is 5.26 Å². The predicted molar refractivity (Wildman–Crippen MR) is 81.9 cm³/mol. The smallest absolute Gasteiger partial charge is 0.137 e. The molecule has 3 nitrogen and oxygen atoms in total. The molecule has 1 aromatic carbocycles. The highest BCUT2D eigenvalue weighted by molar-refractivity contribution is 7.09. The number of hydrogen-bond donors (Lipinski definition) is 0. The summed E-state index contributed by atoms with van der Waals surface area (Å²) in [6.45, 7) is 2.59. The maximum Gasteiger partial charge on any atom is 0.137 e. The number of hydrogen-bond acceptors (Lipinski definition) is 4. The van der Waals surface area contributed by atoms with Crippen LogP contribution in [0.2, 0.25) is 0 Å². The molecule has 104 valence electrons. The minimum absolute atomic E-state index is 0.597. The molecule has 0 saturated carbocycles. The summed E-state index contributed by atoms with van der Waals surface area (Å²) < 4.78 is 5.67. The van der Waals surface area contributed by atoms with E-state index in [2.05, 4.69) is 35.5 Å². The van der Waals surface area contributed by atoms with Gasteiger partial charge in [-0.05, 0) is 37.0 Å². The van der Waals surface area contributed by atoms with Crippen molar-refractivity contribution in [1.82, 2.24) is 4.90 Å². The lowest BCUT2D eigenvalue weighted by atomic mass is 10.2. The molecular formula is C16H18N2OS. The molecular weight excluding hydrogens is 268 g/mol. The van der Waals surface area contributed by atoms with Crippen molar-refractivity contribution in [2.75, 3.05) is 20.2 Å². The zero-order chi connectivity index (χ0) is 14.2. The summed E-state index contributed by atoms with van der Waals surface area (Å²) in [5.74, 6) is 0.677. The minimum Gasteiger partial charge on any atom is -0.492 e. The number of thiophene rings is 1. The normalized spacial score (nSPS) is 10.4. The first-order valence-electron chi connectivity index (χ1n) is 6.62. The van der Waals surface area contributed by atoms with Crippen LogP contribution in [0.3, 0.4) is 0 Å². The van der Waals surface area contributed by atoms with Gasteiger partial charge in [0.1, 0.15) is 11.8 Å². The van der Waals surface area contributed by atoms with E-state index in [4.69, 9.17) is 10.00 Å². The summed E-state index contributed by atoms with van der Waals surface area (Å²) >= 11 is 1.78. The maximum atomic E-state index is 8.97. The Morgan fingerprint density at radius 3 is 2.85 bits per heavy atom. The molecule has 20 heavy (non-hydrogen) atoms. The van der Waals surface area contributed by atoms with Crippen molar-refractivity contribution in [2.45, 2.75) is 13.0 Å². The molecule has 0 radical (unpaired) electrons. The fraction of sp³-hybridized carbons (Fsp3) is 0.312. The van der Waals surface area contributed by atoms with Gasteiger partial charge in [-0.1, -0.05) is 18.2 Å². The lowest BCUT2D eigenvalue weighted by molar-refractivity contribution is 0.259. The second kappa shape index (κ2) is 7.68. The third-order valence-electron chi connectivity index (χ3n) is 2.96. The third-order valence-corrected chi connectivity index (χ3v) is 3.82. The summed E-state index contributed by atoms with van der Waals surface area (Å²) in [6, 6.07) is 13.7. The first kappa shape index (κ1) is 14.6. The van der Waals surface area contributed by atoms with Gasteiger partial charge in [-0.3, -0.25) is 0 Å². The molecule has 1 aromatic heterocycles. The van der Waals surface area contributed by atoms with E-state index in [1.54, 1.807) is 17.4 Å². The van der Waals surface area contributed by atoms with Crippen LogP contribution in [0, 0.1) is 11.3 Å². The molecule has 0 amide bonds. The van der Waals surface area contributed by atoms with Gasteiger partial charge in [0.05, 0.1) is 12.2 Å². The van der Waals surface area contributed by atoms with Crippen LogP contribution >= 0.6 is 11.3 Å². The zero-order valence-electron chi connectivity index (χ0n) is 11.6. The molecule has 0 unspecified atom stereocenters. The molecule has 0 aliphatic heterocycles. The second-order valence-corrected chi connectivity index (χ2v) is 5.66. The lowest BCUT2D eigenvalue weighted by Gasteiger charge is -2.15. The standard InChI is InChI=1S/C16H18N2OS/c1-18(13-15-7-4-11-20-15)9-5-10-19-16-8-3-2-6-14(16)12-17/h2-4,6-8,11H,5,9-10,13H2,1H3. The van der Waals surface area contributed by atoms with Gasteiger partial charge in [0.2, 0.25) is 0 Å². The summed E-state index contributed by atoms with van der Waals surface area (Å²) in [6.07, 6.45) is 0.946. The van der Waals surface area contributed by atoms with Crippen molar-refractivity contribution in [3.05, 3.63) is 52.2 Å². The highest BCUT2D eigenvalue weighted by Crippen LogP contribution is 2.16. The van der Waals surface area contributed by atoms with E-state index >= 15 is 0 Å². The largest absolute Gasteiger partial charge is 0.492 e. The molecule has 0 atom stereocenters. The Balaban J connectivity index is 1.70. The number of benzene rings is 1. The van der Waals surface area contributed by atoms with Gasteiger partial charge >= 0.3 is 0 Å². The first-order chi connectivity index (χ1) is 9.79. The van der Waals surface area contributed by atoms with Crippen LogP contribution in [-0.2, 0) is 6.54 Å². The fourth-order valence-corrected chi connectivity index (χ4v) is 2.73. The molecule has 0 aliphatic rings. The third kappa shape index (κ3) is 4.37.